The van der Waals surface area contributed by atoms with Gasteiger partial charge in [0.1, 0.15) is 0 Å². The number of nitrogens with one attached hydrogen (secondary N) is 1. The van der Waals surface area contributed by atoms with E-state index in [9.17, 15) is 4.79 Å². The zero-order chi connectivity index (χ0) is 16.1. The van der Waals surface area contributed by atoms with E-state index in [2.05, 4.69) is 36.2 Å². The molecule has 3 heteroatoms. The van der Waals surface area contributed by atoms with Crippen LogP contribution in [0.1, 0.15) is 35.7 Å². The lowest BCUT2D eigenvalue weighted by atomic mass is 9.90. The van der Waals surface area contributed by atoms with E-state index in [0.29, 0.717) is 12.6 Å². The molecule has 0 radical (unpaired) electrons. The van der Waals surface area contributed by atoms with Crippen LogP contribution < -0.4 is 10.9 Å². The maximum atomic E-state index is 12.1. The number of aromatic nitrogens is 1. The summed E-state index contributed by atoms with van der Waals surface area (Å²) < 4.78 is 1.87. The lowest BCUT2D eigenvalue weighted by molar-refractivity contribution is 0.446. The van der Waals surface area contributed by atoms with Gasteiger partial charge < -0.3 is 9.88 Å². The largest absolute Gasteiger partial charge is 0.310 e. The second-order valence-corrected chi connectivity index (χ2v) is 6.11. The van der Waals surface area contributed by atoms with Crippen LogP contribution in [-0.4, -0.2) is 11.1 Å². The van der Waals surface area contributed by atoms with Crippen LogP contribution in [0.15, 0.2) is 59.9 Å². The van der Waals surface area contributed by atoms with Crippen LogP contribution >= 0.6 is 0 Å². The van der Waals surface area contributed by atoms with Gasteiger partial charge >= 0.3 is 0 Å². The quantitative estimate of drug-likeness (QED) is 0.831. The van der Waals surface area contributed by atoms with Gasteiger partial charge in [0, 0.05) is 24.3 Å². The second-order valence-electron chi connectivity index (χ2n) is 6.11. The number of rotatable bonds is 6. The molecule has 0 amide bonds. The van der Waals surface area contributed by atoms with Crippen LogP contribution in [0.4, 0.5) is 0 Å². The summed E-state index contributed by atoms with van der Waals surface area (Å²) >= 11 is 0. The van der Waals surface area contributed by atoms with Crippen LogP contribution in [0.2, 0.25) is 0 Å². The summed E-state index contributed by atoms with van der Waals surface area (Å²) in [6.07, 6.45) is 6.06. The highest BCUT2D eigenvalue weighted by molar-refractivity contribution is 5.28. The fraction of sp³-hybridized carbons (Fsp3) is 0.350. The normalized spacial score (nSPS) is 16.8. The van der Waals surface area contributed by atoms with Gasteiger partial charge in [-0.2, -0.15) is 0 Å². The zero-order valence-corrected chi connectivity index (χ0v) is 13.5. The molecular weight excluding hydrogens is 284 g/mol. The molecule has 1 heterocycles. The lowest BCUT2D eigenvalue weighted by Gasteiger charge is -2.28. The zero-order valence-electron chi connectivity index (χ0n) is 13.5. The highest BCUT2D eigenvalue weighted by Gasteiger charge is 2.22. The number of fused-ring (bicyclic) bond motifs is 1. The molecule has 2 aromatic rings. The first-order chi connectivity index (χ1) is 11.3. The third-order valence-electron chi connectivity index (χ3n) is 4.57. The van der Waals surface area contributed by atoms with Crippen molar-refractivity contribution in [2.24, 2.45) is 0 Å². The van der Waals surface area contributed by atoms with Crippen molar-refractivity contribution < 1.29 is 0 Å². The summed E-state index contributed by atoms with van der Waals surface area (Å²) in [5.74, 6) is 0. The van der Waals surface area contributed by atoms with E-state index in [1.807, 2.05) is 16.7 Å². The first-order valence-corrected chi connectivity index (χ1v) is 8.40. The number of hydrogen-bond donors (Lipinski definition) is 1. The number of nitrogens with zero attached hydrogens (tertiary/aromatic N) is 1. The van der Waals surface area contributed by atoms with E-state index < -0.39 is 0 Å². The Morgan fingerprint density at radius 3 is 2.83 bits per heavy atom. The maximum absolute atomic E-state index is 12.1. The molecular formula is C20H24N2O. The molecule has 0 saturated heterocycles. The summed E-state index contributed by atoms with van der Waals surface area (Å²) in [5, 5.41) is 3.67. The van der Waals surface area contributed by atoms with Crippen LogP contribution in [0.3, 0.4) is 0 Å². The summed E-state index contributed by atoms with van der Waals surface area (Å²) in [5.41, 5.74) is 3.90. The van der Waals surface area contributed by atoms with Gasteiger partial charge in [0.05, 0.1) is 0 Å². The first kappa shape index (κ1) is 15.8. The molecule has 1 atom stereocenters. The molecule has 3 rings (SSSR count). The molecule has 1 N–H and O–H groups in total. The number of hydrogen-bond acceptors (Lipinski definition) is 2. The Kier molecular flexibility index (Phi) is 5.09. The van der Waals surface area contributed by atoms with E-state index in [4.69, 9.17) is 0 Å². The standard InChI is InChI=1S/C20H24N2O/c1-2-15-22-19-10-6-9-18(17(19)11-12-20(22)23)21-14-13-16-7-4-3-5-8-16/h2-5,7-8,11-12,18,21H,1,6,9-10,13-15H2. The first-order valence-electron chi connectivity index (χ1n) is 8.40. The van der Waals surface area contributed by atoms with E-state index in [1.54, 1.807) is 12.1 Å². The molecule has 1 aromatic heterocycles. The van der Waals surface area contributed by atoms with E-state index in [-0.39, 0.29) is 5.56 Å². The van der Waals surface area contributed by atoms with Gasteiger partial charge in [-0.15, -0.1) is 6.58 Å². The molecule has 1 unspecified atom stereocenters. The van der Waals surface area contributed by atoms with Gasteiger partial charge in [-0.1, -0.05) is 42.5 Å². The maximum Gasteiger partial charge on any atom is 0.251 e. The molecule has 0 spiro atoms. The van der Waals surface area contributed by atoms with Crippen molar-refractivity contribution in [1.82, 2.24) is 9.88 Å². The van der Waals surface area contributed by atoms with Gasteiger partial charge in [-0.25, -0.2) is 0 Å². The van der Waals surface area contributed by atoms with Gasteiger partial charge in [0.15, 0.2) is 0 Å². The molecule has 3 nitrogen and oxygen atoms in total. The summed E-state index contributed by atoms with van der Waals surface area (Å²) in [6, 6.07) is 14.6. The fourth-order valence-electron chi connectivity index (χ4n) is 3.44. The molecule has 1 aromatic carbocycles. The van der Waals surface area contributed by atoms with Crippen LogP contribution in [0.5, 0.6) is 0 Å². The van der Waals surface area contributed by atoms with Crippen LogP contribution in [0.25, 0.3) is 0 Å². The third-order valence-corrected chi connectivity index (χ3v) is 4.57. The Hall–Kier alpha value is -2.13. The molecule has 0 fully saturated rings. The number of allylic oxidation sites excluding steroid dienone is 1. The van der Waals surface area contributed by atoms with Crippen molar-refractivity contribution in [3.63, 3.8) is 0 Å². The van der Waals surface area contributed by atoms with Crippen molar-refractivity contribution in [2.75, 3.05) is 6.54 Å². The Morgan fingerprint density at radius 2 is 2.04 bits per heavy atom. The topological polar surface area (TPSA) is 34.0 Å². The Balaban J connectivity index is 1.73. The highest BCUT2D eigenvalue weighted by atomic mass is 16.1. The van der Waals surface area contributed by atoms with Crippen molar-refractivity contribution in [1.29, 1.82) is 0 Å². The molecule has 1 aliphatic rings. The van der Waals surface area contributed by atoms with Crippen molar-refractivity contribution >= 4 is 0 Å². The summed E-state index contributed by atoms with van der Waals surface area (Å²) in [7, 11) is 0. The molecule has 23 heavy (non-hydrogen) atoms. The monoisotopic (exact) mass is 308 g/mol. The van der Waals surface area contributed by atoms with Crippen molar-refractivity contribution in [3.05, 3.63) is 82.3 Å². The van der Waals surface area contributed by atoms with Crippen LogP contribution in [-0.2, 0) is 19.4 Å². The molecule has 0 aliphatic heterocycles. The van der Waals surface area contributed by atoms with E-state index in [0.717, 1.165) is 32.2 Å². The van der Waals surface area contributed by atoms with Crippen molar-refractivity contribution in [3.8, 4) is 0 Å². The highest BCUT2D eigenvalue weighted by Crippen LogP contribution is 2.28. The van der Waals surface area contributed by atoms with Crippen molar-refractivity contribution in [2.45, 2.75) is 38.3 Å². The number of benzene rings is 1. The van der Waals surface area contributed by atoms with Crippen LogP contribution in [0, 0.1) is 0 Å². The van der Waals surface area contributed by atoms with Gasteiger partial charge in [-0.3, -0.25) is 4.79 Å². The van der Waals surface area contributed by atoms with Gasteiger partial charge in [0.25, 0.3) is 5.56 Å². The average Bonchev–Trinajstić information content (AvgIpc) is 2.58. The molecule has 0 saturated carbocycles. The summed E-state index contributed by atoms with van der Waals surface area (Å²) in [4.78, 5) is 12.1. The lowest BCUT2D eigenvalue weighted by Crippen LogP contribution is -2.32. The second kappa shape index (κ2) is 7.42. The average molecular weight is 308 g/mol. The third kappa shape index (κ3) is 3.62. The SMILES string of the molecule is C=CCn1c2c(ccc1=O)C(NCCc1ccccc1)CCC2. The predicted octanol–water partition coefficient (Wildman–Crippen LogP) is 3.24. The van der Waals surface area contributed by atoms with E-state index >= 15 is 0 Å². The van der Waals surface area contributed by atoms with Gasteiger partial charge in [-0.05, 0) is 43.4 Å². The minimum absolute atomic E-state index is 0.0774. The molecule has 120 valence electrons. The predicted molar refractivity (Wildman–Crippen MR) is 94.7 cm³/mol. The fourth-order valence-corrected chi connectivity index (χ4v) is 3.44. The number of pyridine rings is 1. The Labute approximate surface area is 137 Å². The van der Waals surface area contributed by atoms with Gasteiger partial charge in [0.2, 0.25) is 0 Å². The molecule has 1 aliphatic carbocycles. The smallest absolute Gasteiger partial charge is 0.251 e. The Morgan fingerprint density at radius 1 is 1.22 bits per heavy atom. The van der Waals surface area contributed by atoms with E-state index in [1.165, 1.54) is 16.8 Å². The minimum Gasteiger partial charge on any atom is -0.310 e. The summed E-state index contributed by atoms with van der Waals surface area (Å²) in [6.45, 7) is 5.32. The molecule has 0 bridgehead atoms. The minimum atomic E-state index is 0.0774. The Bertz CT molecular complexity index is 718.